The van der Waals surface area contributed by atoms with Crippen LogP contribution in [0.3, 0.4) is 0 Å². The lowest BCUT2D eigenvalue weighted by Crippen LogP contribution is -1.97. The van der Waals surface area contributed by atoms with Crippen molar-refractivity contribution >= 4 is 38.1 Å². The molecule has 0 atom stereocenters. The average molecular weight is 312 g/mol. The fourth-order valence-electron chi connectivity index (χ4n) is 3.59. The molecule has 4 aromatic rings. The summed E-state index contributed by atoms with van der Waals surface area (Å²) in [6, 6.07) is 13.7. The summed E-state index contributed by atoms with van der Waals surface area (Å²) in [7, 11) is 0. The van der Waals surface area contributed by atoms with E-state index in [0.717, 1.165) is 38.9 Å². The van der Waals surface area contributed by atoms with Crippen LogP contribution >= 0.6 is 0 Å². The summed E-state index contributed by atoms with van der Waals surface area (Å²) in [5.74, 6) is -0.0585. The van der Waals surface area contributed by atoms with Crippen molar-refractivity contribution in [3.8, 4) is 5.75 Å². The van der Waals surface area contributed by atoms with Crippen molar-refractivity contribution < 1.29 is 9.90 Å². The number of carbonyl (C=O) groups is 1. The molecule has 2 nitrogen and oxygen atoms in total. The second kappa shape index (κ2) is 5.20. The zero-order valence-corrected chi connectivity index (χ0v) is 13.2. The maximum atomic E-state index is 12.2. The molecule has 1 N–H and O–H groups in total. The van der Waals surface area contributed by atoms with E-state index in [-0.39, 0.29) is 11.5 Å². The minimum Gasteiger partial charge on any atom is -0.507 e. The van der Waals surface area contributed by atoms with Gasteiger partial charge in [-0.15, -0.1) is 6.58 Å². The molecule has 116 valence electrons. The maximum absolute atomic E-state index is 12.2. The van der Waals surface area contributed by atoms with Gasteiger partial charge in [0, 0.05) is 16.3 Å². The van der Waals surface area contributed by atoms with E-state index in [2.05, 4.69) is 31.4 Å². The van der Waals surface area contributed by atoms with Crippen LogP contribution in [-0.2, 0) is 6.42 Å². The molecular formula is C22H16O2. The summed E-state index contributed by atoms with van der Waals surface area (Å²) in [6.45, 7) is 7.39. The summed E-state index contributed by atoms with van der Waals surface area (Å²) in [6.07, 6.45) is 3.87. The molecule has 0 saturated heterocycles. The predicted octanol–water partition coefficient (Wildman–Crippen LogP) is 5.39. The molecule has 0 bridgehead atoms. The largest absolute Gasteiger partial charge is 0.507 e. The van der Waals surface area contributed by atoms with Gasteiger partial charge in [-0.3, -0.25) is 4.79 Å². The molecule has 0 aliphatic carbocycles. The van der Waals surface area contributed by atoms with Gasteiger partial charge in [0.05, 0.1) is 0 Å². The first kappa shape index (κ1) is 14.5. The Hall–Kier alpha value is -3.13. The van der Waals surface area contributed by atoms with Crippen LogP contribution in [0.4, 0.5) is 0 Å². The first-order valence-corrected chi connectivity index (χ1v) is 7.85. The van der Waals surface area contributed by atoms with Crippen molar-refractivity contribution in [2.75, 3.05) is 0 Å². The normalized spacial score (nSPS) is 11.3. The SMILES string of the molecule is C=CCc1ccc2ccc3ccc(C(=O)C=C)c4c(O)cc1c2c34. The number of carbonyl (C=O) groups excluding carboxylic acids is 1. The molecular weight excluding hydrogens is 296 g/mol. The summed E-state index contributed by atoms with van der Waals surface area (Å²) in [5.41, 5.74) is 1.60. The fraction of sp³-hybridized carbons (Fsp3) is 0.0455. The highest BCUT2D eigenvalue weighted by atomic mass is 16.3. The van der Waals surface area contributed by atoms with Crippen molar-refractivity contribution in [2.45, 2.75) is 6.42 Å². The molecule has 0 saturated carbocycles. The van der Waals surface area contributed by atoms with Crippen molar-refractivity contribution in [2.24, 2.45) is 0 Å². The van der Waals surface area contributed by atoms with Crippen molar-refractivity contribution in [1.82, 2.24) is 0 Å². The van der Waals surface area contributed by atoms with Gasteiger partial charge in [0.25, 0.3) is 0 Å². The molecule has 4 rings (SSSR count). The van der Waals surface area contributed by atoms with E-state index in [1.807, 2.05) is 18.2 Å². The Morgan fingerprint density at radius 2 is 1.62 bits per heavy atom. The topological polar surface area (TPSA) is 37.3 Å². The molecule has 0 spiro atoms. The highest BCUT2D eigenvalue weighted by Gasteiger charge is 2.18. The van der Waals surface area contributed by atoms with Gasteiger partial charge >= 0.3 is 0 Å². The Bertz CT molecular complexity index is 1140. The lowest BCUT2D eigenvalue weighted by Gasteiger charge is -2.16. The zero-order valence-electron chi connectivity index (χ0n) is 13.2. The Morgan fingerprint density at radius 1 is 0.958 bits per heavy atom. The van der Waals surface area contributed by atoms with Gasteiger partial charge in [-0.25, -0.2) is 0 Å². The Kier molecular flexibility index (Phi) is 3.14. The van der Waals surface area contributed by atoms with Gasteiger partial charge in [0.2, 0.25) is 0 Å². The van der Waals surface area contributed by atoms with Gasteiger partial charge in [-0.1, -0.05) is 43.0 Å². The number of hydrogen-bond acceptors (Lipinski definition) is 2. The molecule has 24 heavy (non-hydrogen) atoms. The van der Waals surface area contributed by atoms with Crippen molar-refractivity contribution in [3.05, 3.63) is 78.9 Å². The minimum absolute atomic E-state index is 0.127. The number of hydrogen-bond donors (Lipinski definition) is 1. The van der Waals surface area contributed by atoms with Crippen molar-refractivity contribution in [3.63, 3.8) is 0 Å². The lowest BCUT2D eigenvalue weighted by atomic mass is 9.88. The van der Waals surface area contributed by atoms with E-state index in [4.69, 9.17) is 0 Å². The first-order valence-electron chi connectivity index (χ1n) is 7.85. The van der Waals surface area contributed by atoms with Gasteiger partial charge in [-0.2, -0.15) is 0 Å². The van der Waals surface area contributed by atoms with E-state index in [9.17, 15) is 9.90 Å². The smallest absolute Gasteiger partial charge is 0.186 e. The van der Waals surface area contributed by atoms with Gasteiger partial charge in [0.1, 0.15) is 5.75 Å². The molecule has 4 aromatic carbocycles. The highest BCUT2D eigenvalue weighted by Crippen LogP contribution is 2.42. The van der Waals surface area contributed by atoms with Crippen molar-refractivity contribution in [1.29, 1.82) is 0 Å². The minimum atomic E-state index is -0.186. The van der Waals surface area contributed by atoms with Crippen LogP contribution in [-0.4, -0.2) is 10.9 Å². The van der Waals surface area contributed by atoms with E-state index in [1.54, 1.807) is 12.1 Å². The molecule has 0 aliphatic heterocycles. The van der Waals surface area contributed by atoms with E-state index < -0.39 is 0 Å². The maximum Gasteiger partial charge on any atom is 0.186 e. The second-order valence-corrected chi connectivity index (χ2v) is 5.98. The second-order valence-electron chi connectivity index (χ2n) is 5.98. The van der Waals surface area contributed by atoms with Crippen LogP contribution in [0.25, 0.3) is 32.3 Å². The molecule has 0 fully saturated rings. The van der Waals surface area contributed by atoms with Gasteiger partial charge in [0.15, 0.2) is 5.78 Å². The monoisotopic (exact) mass is 312 g/mol. The first-order chi connectivity index (χ1) is 11.7. The number of phenolic OH excluding ortho intramolecular Hbond substituents is 1. The van der Waals surface area contributed by atoms with Gasteiger partial charge < -0.3 is 5.11 Å². The number of phenols is 1. The number of ketones is 1. The Morgan fingerprint density at radius 3 is 2.33 bits per heavy atom. The van der Waals surface area contributed by atoms with Gasteiger partial charge in [-0.05, 0) is 51.7 Å². The predicted molar refractivity (Wildman–Crippen MR) is 100 cm³/mol. The van der Waals surface area contributed by atoms with E-state index in [1.165, 1.54) is 6.08 Å². The number of benzene rings is 4. The third-order valence-corrected chi connectivity index (χ3v) is 4.65. The zero-order chi connectivity index (χ0) is 16.8. The standard InChI is InChI=1S/C22H16O2/c1-3-5-13-6-7-14-8-9-15-10-11-16(18(23)4-2)22-19(24)12-17(13)20(14)21(15)22/h3-4,6-12,24H,1-2,5H2. The van der Waals surface area contributed by atoms with Crippen LogP contribution in [0, 0.1) is 0 Å². The molecule has 2 heteroatoms. The van der Waals surface area contributed by atoms with E-state index in [0.29, 0.717) is 10.9 Å². The number of rotatable bonds is 4. The summed E-state index contributed by atoms with van der Waals surface area (Å²) >= 11 is 0. The molecule has 0 aliphatic rings. The van der Waals surface area contributed by atoms with Crippen LogP contribution < -0.4 is 0 Å². The molecule has 0 aromatic heterocycles. The highest BCUT2D eigenvalue weighted by molar-refractivity contribution is 6.29. The molecule has 0 unspecified atom stereocenters. The summed E-state index contributed by atoms with van der Waals surface area (Å²) < 4.78 is 0. The van der Waals surface area contributed by atoms with Crippen LogP contribution in [0.1, 0.15) is 15.9 Å². The molecule has 0 radical (unpaired) electrons. The third kappa shape index (κ3) is 1.86. The van der Waals surface area contributed by atoms with Crippen LogP contribution in [0.5, 0.6) is 5.75 Å². The molecule has 0 amide bonds. The Balaban J connectivity index is 2.30. The third-order valence-electron chi connectivity index (χ3n) is 4.65. The quantitative estimate of drug-likeness (QED) is 0.237. The average Bonchev–Trinajstić information content (AvgIpc) is 2.61. The van der Waals surface area contributed by atoms with E-state index >= 15 is 0 Å². The summed E-state index contributed by atoms with van der Waals surface area (Å²) in [4.78, 5) is 12.2. The molecule has 0 heterocycles. The van der Waals surface area contributed by atoms with Crippen LogP contribution in [0.15, 0.2) is 67.8 Å². The summed E-state index contributed by atoms with van der Waals surface area (Å²) in [5, 5.41) is 16.4. The lowest BCUT2D eigenvalue weighted by molar-refractivity contribution is 0.104. The Labute approximate surface area is 139 Å². The van der Waals surface area contributed by atoms with Crippen LogP contribution in [0.2, 0.25) is 0 Å². The number of aromatic hydroxyl groups is 1. The number of allylic oxidation sites excluding steroid dienone is 2. The fourth-order valence-corrected chi connectivity index (χ4v) is 3.59.